The summed E-state index contributed by atoms with van der Waals surface area (Å²) in [4.78, 5) is 35.7. The highest BCUT2D eigenvalue weighted by Gasteiger charge is 2.28. The maximum atomic E-state index is 12.1. The van der Waals surface area contributed by atoms with Crippen molar-refractivity contribution in [3.05, 3.63) is 29.8 Å². The molecule has 0 radical (unpaired) electrons. The Hall–Kier alpha value is -2.57. The molecule has 2 N–H and O–H groups in total. The summed E-state index contributed by atoms with van der Waals surface area (Å²) >= 11 is 0. The molecule has 23 heavy (non-hydrogen) atoms. The number of aromatic hydroxyl groups is 1. The van der Waals surface area contributed by atoms with E-state index in [9.17, 15) is 19.5 Å². The molecule has 0 saturated heterocycles. The molecule has 0 heterocycles. The Morgan fingerprint density at radius 2 is 1.91 bits per heavy atom. The van der Waals surface area contributed by atoms with Crippen molar-refractivity contribution in [2.45, 2.75) is 38.8 Å². The molecule has 1 aromatic rings. The van der Waals surface area contributed by atoms with Gasteiger partial charge in [0.1, 0.15) is 17.4 Å². The zero-order valence-corrected chi connectivity index (χ0v) is 13.6. The lowest BCUT2D eigenvalue weighted by Crippen LogP contribution is -2.43. The van der Waals surface area contributed by atoms with E-state index >= 15 is 0 Å². The first kappa shape index (κ1) is 18.5. The van der Waals surface area contributed by atoms with Crippen molar-refractivity contribution >= 4 is 17.8 Å². The molecule has 0 unspecified atom stereocenters. The van der Waals surface area contributed by atoms with Crippen molar-refractivity contribution < 1.29 is 29.0 Å². The maximum Gasteiger partial charge on any atom is 0.328 e. The van der Waals surface area contributed by atoms with Gasteiger partial charge in [-0.15, -0.1) is 0 Å². The van der Waals surface area contributed by atoms with Gasteiger partial charge in [-0.05, 0) is 39.0 Å². The minimum atomic E-state index is -1.18. The minimum Gasteiger partial charge on any atom is -0.508 e. The molecule has 1 atom stereocenters. The Morgan fingerprint density at radius 1 is 1.26 bits per heavy atom. The highest BCUT2D eigenvalue weighted by molar-refractivity contribution is 5.97. The molecular weight excluding hydrogens is 302 g/mol. The predicted molar refractivity (Wildman–Crippen MR) is 81.8 cm³/mol. The highest BCUT2D eigenvalue weighted by Crippen LogP contribution is 2.13. The number of methoxy groups -OCH3 is 1. The van der Waals surface area contributed by atoms with Gasteiger partial charge >= 0.3 is 11.9 Å². The Bertz CT molecular complexity index is 590. The number of rotatable bonds is 5. The second-order valence-corrected chi connectivity index (χ2v) is 5.89. The Morgan fingerprint density at radius 3 is 2.43 bits per heavy atom. The predicted octanol–water partition coefficient (Wildman–Crippen LogP) is 1.40. The van der Waals surface area contributed by atoms with Crippen molar-refractivity contribution in [3.63, 3.8) is 0 Å². The molecule has 1 amide bonds. The van der Waals surface area contributed by atoms with Gasteiger partial charge in [0.05, 0.1) is 13.5 Å². The van der Waals surface area contributed by atoms with E-state index in [4.69, 9.17) is 4.74 Å². The van der Waals surface area contributed by atoms with Gasteiger partial charge in [0.15, 0.2) is 0 Å². The van der Waals surface area contributed by atoms with E-state index in [1.54, 1.807) is 20.8 Å². The lowest BCUT2D eigenvalue weighted by atomic mass is 10.1. The fourth-order valence-electron chi connectivity index (χ4n) is 1.77. The SMILES string of the molecule is COC(=O)[C@@H](CC(=O)OC(C)(C)C)NC(=O)c1cccc(O)c1. The molecule has 0 spiro atoms. The zero-order valence-electron chi connectivity index (χ0n) is 13.6. The summed E-state index contributed by atoms with van der Waals surface area (Å²) < 4.78 is 9.72. The molecule has 0 fully saturated rings. The largest absolute Gasteiger partial charge is 0.508 e. The third-order valence-corrected chi connectivity index (χ3v) is 2.69. The molecule has 0 saturated carbocycles. The van der Waals surface area contributed by atoms with Crippen LogP contribution in [0.5, 0.6) is 5.75 Å². The van der Waals surface area contributed by atoms with E-state index < -0.39 is 29.5 Å². The van der Waals surface area contributed by atoms with Crippen LogP contribution in [-0.4, -0.2) is 41.7 Å². The van der Waals surface area contributed by atoms with Crippen LogP contribution >= 0.6 is 0 Å². The third-order valence-electron chi connectivity index (χ3n) is 2.69. The van der Waals surface area contributed by atoms with Crippen LogP contribution in [-0.2, 0) is 19.1 Å². The van der Waals surface area contributed by atoms with Gasteiger partial charge in [-0.1, -0.05) is 6.07 Å². The van der Waals surface area contributed by atoms with Crippen molar-refractivity contribution in [2.75, 3.05) is 7.11 Å². The van der Waals surface area contributed by atoms with Gasteiger partial charge in [-0.25, -0.2) is 4.79 Å². The first-order chi connectivity index (χ1) is 10.6. The molecule has 0 aliphatic heterocycles. The average molecular weight is 323 g/mol. The van der Waals surface area contributed by atoms with E-state index in [1.165, 1.54) is 24.3 Å². The third kappa shape index (κ3) is 6.37. The summed E-state index contributed by atoms with van der Waals surface area (Å²) in [5, 5.41) is 11.8. The fourth-order valence-corrected chi connectivity index (χ4v) is 1.77. The number of ether oxygens (including phenoxy) is 2. The van der Waals surface area contributed by atoms with Gasteiger partial charge in [-0.3, -0.25) is 9.59 Å². The molecule has 0 aromatic heterocycles. The van der Waals surface area contributed by atoms with Crippen LogP contribution in [0.2, 0.25) is 0 Å². The van der Waals surface area contributed by atoms with Gasteiger partial charge in [0.2, 0.25) is 0 Å². The maximum absolute atomic E-state index is 12.1. The average Bonchev–Trinajstić information content (AvgIpc) is 2.43. The topological polar surface area (TPSA) is 102 Å². The van der Waals surface area contributed by atoms with Crippen LogP contribution in [0.25, 0.3) is 0 Å². The molecule has 0 bridgehead atoms. The molecule has 0 aliphatic carbocycles. The lowest BCUT2D eigenvalue weighted by Gasteiger charge is -2.22. The van der Waals surface area contributed by atoms with Crippen molar-refractivity contribution in [3.8, 4) is 5.75 Å². The van der Waals surface area contributed by atoms with Crippen molar-refractivity contribution in [1.29, 1.82) is 0 Å². The van der Waals surface area contributed by atoms with E-state index in [2.05, 4.69) is 10.1 Å². The van der Waals surface area contributed by atoms with Gasteiger partial charge in [0, 0.05) is 5.56 Å². The van der Waals surface area contributed by atoms with Gasteiger partial charge in [0.25, 0.3) is 5.91 Å². The smallest absolute Gasteiger partial charge is 0.328 e. The first-order valence-corrected chi connectivity index (χ1v) is 7.02. The van der Waals surface area contributed by atoms with Crippen LogP contribution in [0.1, 0.15) is 37.6 Å². The number of carbonyl (C=O) groups excluding carboxylic acids is 3. The number of phenols is 1. The monoisotopic (exact) mass is 323 g/mol. The van der Waals surface area contributed by atoms with E-state index in [0.29, 0.717) is 0 Å². The number of carbonyl (C=O) groups is 3. The summed E-state index contributed by atoms with van der Waals surface area (Å²) in [5.74, 6) is -2.09. The molecular formula is C16H21NO6. The van der Waals surface area contributed by atoms with Crippen molar-refractivity contribution in [1.82, 2.24) is 5.32 Å². The highest BCUT2D eigenvalue weighted by atomic mass is 16.6. The number of nitrogens with one attached hydrogen (secondary N) is 1. The first-order valence-electron chi connectivity index (χ1n) is 7.02. The molecule has 126 valence electrons. The number of amides is 1. The fraction of sp³-hybridized carbons (Fsp3) is 0.438. The second-order valence-electron chi connectivity index (χ2n) is 5.89. The molecule has 7 nitrogen and oxygen atoms in total. The van der Waals surface area contributed by atoms with E-state index in [1.807, 2.05) is 0 Å². The summed E-state index contributed by atoms with van der Waals surface area (Å²) in [7, 11) is 1.16. The quantitative estimate of drug-likeness (QED) is 0.794. The minimum absolute atomic E-state index is 0.0839. The lowest BCUT2D eigenvalue weighted by molar-refractivity contribution is -0.158. The summed E-state index contributed by atoms with van der Waals surface area (Å²) in [6.45, 7) is 5.09. The summed E-state index contributed by atoms with van der Waals surface area (Å²) in [6, 6.07) is 4.44. The van der Waals surface area contributed by atoms with Crippen LogP contribution in [0.15, 0.2) is 24.3 Å². The Kier molecular flexibility index (Phi) is 6.12. The van der Waals surface area contributed by atoms with Gasteiger partial charge < -0.3 is 19.9 Å². The molecule has 1 rings (SSSR count). The molecule has 1 aromatic carbocycles. The van der Waals surface area contributed by atoms with Crippen LogP contribution in [0.4, 0.5) is 0 Å². The van der Waals surface area contributed by atoms with E-state index in [0.717, 1.165) is 7.11 Å². The second kappa shape index (κ2) is 7.62. The standard InChI is InChI=1S/C16H21NO6/c1-16(2,3)23-13(19)9-12(15(21)22-4)17-14(20)10-6-5-7-11(18)8-10/h5-8,12,18H,9H2,1-4H3,(H,17,20)/t12-/m1/s1. The zero-order chi connectivity index (χ0) is 17.6. The van der Waals surface area contributed by atoms with Crippen LogP contribution in [0.3, 0.4) is 0 Å². The van der Waals surface area contributed by atoms with Crippen molar-refractivity contribution in [2.24, 2.45) is 0 Å². The summed E-state index contributed by atoms with van der Waals surface area (Å²) in [5.41, 5.74) is -0.546. The van der Waals surface area contributed by atoms with Crippen LogP contribution < -0.4 is 5.32 Å². The normalized spacial score (nSPS) is 12.2. The van der Waals surface area contributed by atoms with E-state index in [-0.39, 0.29) is 17.7 Å². The van der Waals surface area contributed by atoms with Crippen LogP contribution in [0, 0.1) is 0 Å². The Balaban J connectivity index is 2.81. The molecule has 0 aliphatic rings. The number of phenolic OH excluding ortho intramolecular Hbond substituents is 1. The number of esters is 2. The number of hydrogen-bond donors (Lipinski definition) is 2. The summed E-state index contributed by atoms with van der Waals surface area (Å²) in [6.07, 6.45) is -0.353. The Labute approximate surface area is 134 Å². The number of hydrogen-bond acceptors (Lipinski definition) is 6. The number of benzene rings is 1. The van der Waals surface area contributed by atoms with Gasteiger partial charge in [-0.2, -0.15) is 0 Å². The molecule has 7 heteroatoms.